The number of carbonyl (C=O) groups is 2. The van der Waals surface area contributed by atoms with Gasteiger partial charge in [-0.15, -0.1) is 0 Å². The van der Waals surface area contributed by atoms with Crippen LogP contribution in [-0.4, -0.2) is 24.8 Å². The van der Waals surface area contributed by atoms with Gasteiger partial charge in [-0.25, -0.2) is 0 Å². The molecule has 0 atom stereocenters. The Morgan fingerprint density at radius 2 is 1.84 bits per heavy atom. The molecular formula is C15H21NO3. The fourth-order valence-electron chi connectivity index (χ4n) is 1.46. The number of amides is 1. The first kappa shape index (κ1) is 15.2. The lowest BCUT2D eigenvalue weighted by molar-refractivity contribution is -0.123. The minimum atomic E-state index is -0.137. The molecule has 0 unspecified atom stereocenters. The van der Waals surface area contributed by atoms with Gasteiger partial charge in [-0.05, 0) is 30.2 Å². The first-order valence-electron chi connectivity index (χ1n) is 6.55. The molecule has 0 spiro atoms. The van der Waals surface area contributed by atoms with Gasteiger partial charge in [0.2, 0.25) is 0 Å². The average molecular weight is 263 g/mol. The Kier molecular flexibility index (Phi) is 6.06. The number of ketones is 1. The topological polar surface area (TPSA) is 55.4 Å². The summed E-state index contributed by atoms with van der Waals surface area (Å²) in [6, 6.07) is 6.84. The zero-order chi connectivity index (χ0) is 14.3. The van der Waals surface area contributed by atoms with Crippen LogP contribution in [0.5, 0.6) is 5.75 Å². The first-order chi connectivity index (χ1) is 9.02. The van der Waals surface area contributed by atoms with Gasteiger partial charge in [-0.3, -0.25) is 9.59 Å². The fraction of sp³-hybridized carbons (Fsp3) is 0.467. The van der Waals surface area contributed by atoms with Crippen LogP contribution in [0.1, 0.15) is 37.6 Å². The highest BCUT2D eigenvalue weighted by Gasteiger charge is 2.05. The third kappa shape index (κ3) is 5.55. The molecule has 0 saturated heterocycles. The highest BCUT2D eigenvalue weighted by Crippen LogP contribution is 2.13. The number of hydrogen-bond acceptors (Lipinski definition) is 3. The zero-order valence-electron chi connectivity index (χ0n) is 11.7. The van der Waals surface area contributed by atoms with E-state index in [2.05, 4.69) is 5.32 Å². The molecule has 0 aliphatic heterocycles. The molecule has 1 amide bonds. The van der Waals surface area contributed by atoms with E-state index in [9.17, 15) is 9.59 Å². The molecule has 1 N–H and O–H groups in total. The van der Waals surface area contributed by atoms with Crippen LogP contribution in [0.15, 0.2) is 24.3 Å². The maximum Gasteiger partial charge on any atom is 0.257 e. The fourth-order valence-corrected chi connectivity index (χ4v) is 1.46. The third-order valence-corrected chi connectivity index (χ3v) is 2.57. The van der Waals surface area contributed by atoms with E-state index in [1.54, 1.807) is 24.3 Å². The van der Waals surface area contributed by atoms with E-state index in [1.807, 2.05) is 20.8 Å². The van der Waals surface area contributed by atoms with E-state index >= 15 is 0 Å². The van der Waals surface area contributed by atoms with Crippen molar-refractivity contribution in [3.8, 4) is 5.75 Å². The van der Waals surface area contributed by atoms with Gasteiger partial charge >= 0.3 is 0 Å². The smallest absolute Gasteiger partial charge is 0.257 e. The Hall–Kier alpha value is -1.84. The molecule has 0 aliphatic carbocycles. The van der Waals surface area contributed by atoms with Crippen molar-refractivity contribution in [3.63, 3.8) is 0 Å². The molecule has 1 aromatic carbocycles. The predicted octanol–water partition coefficient (Wildman–Crippen LogP) is 2.43. The van der Waals surface area contributed by atoms with Crippen LogP contribution in [0.25, 0.3) is 0 Å². The molecule has 0 saturated carbocycles. The second kappa shape index (κ2) is 7.56. The van der Waals surface area contributed by atoms with Gasteiger partial charge in [0, 0.05) is 18.5 Å². The summed E-state index contributed by atoms with van der Waals surface area (Å²) in [6.07, 6.45) is 0.484. The summed E-state index contributed by atoms with van der Waals surface area (Å²) in [6.45, 7) is 6.53. The Balaban J connectivity index is 2.41. The standard InChI is InChI=1S/C15H21NO3/c1-4-14(17)12-5-7-13(8-6-12)19-10-15(18)16-9-11(2)3/h5-8,11H,4,9-10H2,1-3H3,(H,16,18). The van der Waals surface area contributed by atoms with Crippen molar-refractivity contribution in [2.75, 3.05) is 13.2 Å². The molecule has 0 aliphatic rings. The summed E-state index contributed by atoms with van der Waals surface area (Å²) in [4.78, 5) is 22.9. The van der Waals surface area contributed by atoms with Gasteiger partial charge < -0.3 is 10.1 Å². The molecule has 1 rings (SSSR count). The molecule has 0 bridgehead atoms. The maximum absolute atomic E-state index is 11.5. The van der Waals surface area contributed by atoms with E-state index in [1.165, 1.54) is 0 Å². The molecule has 0 fully saturated rings. The second-order valence-corrected chi connectivity index (χ2v) is 4.79. The summed E-state index contributed by atoms with van der Waals surface area (Å²) >= 11 is 0. The minimum Gasteiger partial charge on any atom is -0.484 e. The number of benzene rings is 1. The highest BCUT2D eigenvalue weighted by molar-refractivity contribution is 5.95. The quantitative estimate of drug-likeness (QED) is 0.769. The monoisotopic (exact) mass is 263 g/mol. The van der Waals surface area contributed by atoms with Crippen LogP contribution < -0.4 is 10.1 Å². The normalized spacial score (nSPS) is 10.3. The second-order valence-electron chi connectivity index (χ2n) is 4.79. The highest BCUT2D eigenvalue weighted by atomic mass is 16.5. The van der Waals surface area contributed by atoms with Crippen LogP contribution in [-0.2, 0) is 4.79 Å². The molecule has 0 aromatic heterocycles. The van der Waals surface area contributed by atoms with E-state index in [0.29, 0.717) is 30.2 Å². The van der Waals surface area contributed by atoms with Crippen molar-refractivity contribution in [2.45, 2.75) is 27.2 Å². The van der Waals surface area contributed by atoms with Crippen molar-refractivity contribution >= 4 is 11.7 Å². The van der Waals surface area contributed by atoms with Crippen molar-refractivity contribution in [1.82, 2.24) is 5.32 Å². The van der Waals surface area contributed by atoms with Gasteiger partial charge in [0.05, 0.1) is 0 Å². The van der Waals surface area contributed by atoms with Crippen molar-refractivity contribution in [3.05, 3.63) is 29.8 Å². The van der Waals surface area contributed by atoms with E-state index in [0.717, 1.165) is 0 Å². The molecule has 0 heterocycles. The maximum atomic E-state index is 11.5. The Labute approximate surface area is 114 Å². The van der Waals surface area contributed by atoms with Gasteiger partial charge in [-0.1, -0.05) is 20.8 Å². The lowest BCUT2D eigenvalue weighted by Gasteiger charge is -2.09. The molecule has 1 aromatic rings. The lowest BCUT2D eigenvalue weighted by Crippen LogP contribution is -2.31. The van der Waals surface area contributed by atoms with E-state index in [-0.39, 0.29) is 18.3 Å². The number of hydrogen-bond donors (Lipinski definition) is 1. The van der Waals surface area contributed by atoms with Crippen molar-refractivity contribution < 1.29 is 14.3 Å². The van der Waals surface area contributed by atoms with E-state index < -0.39 is 0 Å². The number of ether oxygens (including phenoxy) is 1. The third-order valence-electron chi connectivity index (χ3n) is 2.57. The van der Waals surface area contributed by atoms with Gasteiger partial charge in [-0.2, -0.15) is 0 Å². The van der Waals surface area contributed by atoms with Gasteiger partial charge in [0.25, 0.3) is 5.91 Å². The molecule has 4 nitrogen and oxygen atoms in total. The van der Waals surface area contributed by atoms with Crippen molar-refractivity contribution in [2.24, 2.45) is 5.92 Å². The molecule has 104 valence electrons. The summed E-state index contributed by atoms with van der Waals surface area (Å²) < 4.78 is 5.35. The average Bonchev–Trinajstić information content (AvgIpc) is 2.42. The van der Waals surface area contributed by atoms with Gasteiger partial charge in [0.15, 0.2) is 12.4 Å². The van der Waals surface area contributed by atoms with Crippen LogP contribution >= 0.6 is 0 Å². The number of rotatable bonds is 7. The summed E-state index contributed by atoms with van der Waals surface area (Å²) in [5.41, 5.74) is 0.666. The molecular weight excluding hydrogens is 242 g/mol. The Morgan fingerprint density at radius 3 is 2.37 bits per heavy atom. The van der Waals surface area contributed by atoms with Gasteiger partial charge in [0.1, 0.15) is 5.75 Å². The van der Waals surface area contributed by atoms with Crippen LogP contribution in [0.3, 0.4) is 0 Å². The summed E-state index contributed by atoms with van der Waals surface area (Å²) in [5.74, 6) is 0.972. The van der Waals surface area contributed by atoms with Crippen LogP contribution in [0.4, 0.5) is 0 Å². The predicted molar refractivity (Wildman–Crippen MR) is 74.4 cm³/mol. The molecule has 4 heteroatoms. The molecule has 19 heavy (non-hydrogen) atoms. The summed E-state index contributed by atoms with van der Waals surface area (Å²) in [5, 5.41) is 2.77. The Bertz CT molecular complexity index is 424. The lowest BCUT2D eigenvalue weighted by atomic mass is 10.1. The van der Waals surface area contributed by atoms with Crippen molar-refractivity contribution in [1.29, 1.82) is 0 Å². The zero-order valence-corrected chi connectivity index (χ0v) is 11.7. The number of carbonyl (C=O) groups excluding carboxylic acids is 2. The minimum absolute atomic E-state index is 0.00616. The van der Waals surface area contributed by atoms with E-state index in [4.69, 9.17) is 4.74 Å². The molecule has 0 radical (unpaired) electrons. The number of nitrogens with one attached hydrogen (secondary N) is 1. The largest absolute Gasteiger partial charge is 0.484 e. The SMILES string of the molecule is CCC(=O)c1ccc(OCC(=O)NCC(C)C)cc1. The number of Topliss-reactive ketones (excluding diaryl/α,β-unsaturated/α-hetero) is 1. The first-order valence-corrected chi connectivity index (χ1v) is 6.55. The van der Waals surface area contributed by atoms with Crippen LogP contribution in [0.2, 0.25) is 0 Å². The van der Waals surface area contributed by atoms with Crippen LogP contribution in [0, 0.1) is 5.92 Å². The summed E-state index contributed by atoms with van der Waals surface area (Å²) in [7, 11) is 0. The Morgan fingerprint density at radius 1 is 1.21 bits per heavy atom.